The third kappa shape index (κ3) is 2.97. The van der Waals surface area contributed by atoms with E-state index in [-0.39, 0.29) is 17.4 Å². The Hall–Kier alpha value is -1.18. The Morgan fingerprint density at radius 1 is 1.13 bits per heavy atom. The SMILES string of the molecule is O=S(=O)(C1CC1)N1CCO[C@@H]2CCN(c3cccnc3)CC[C@@H]21. The van der Waals surface area contributed by atoms with Gasteiger partial charge in [0.15, 0.2) is 0 Å². The summed E-state index contributed by atoms with van der Waals surface area (Å²) in [5.74, 6) is 0. The monoisotopic (exact) mass is 337 g/mol. The largest absolute Gasteiger partial charge is 0.375 e. The van der Waals surface area contributed by atoms with E-state index in [4.69, 9.17) is 4.74 Å². The Balaban J connectivity index is 1.53. The van der Waals surface area contributed by atoms with Crippen LogP contribution in [0.1, 0.15) is 25.7 Å². The van der Waals surface area contributed by atoms with Crippen LogP contribution in [0.3, 0.4) is 0 Å². The number of ether oxygens (including phenoxy) is 1. The second kappa shape index (κ2) is 6.03. The molecule has 0 aromatic carbocycles. The fraction of sp³-hybridized carbons (Fsp3) is 0.688. The van der Waals surface area contributed by atoms with Gasteiger partial charge in [-0.2, -0.15) is 4.31 Å². The van der Waals surface area contributed by atoms with Crippen LogP contribution in [0.4, 0.5) is 5.69 Å². The number of pyridine rings is 1. The summed E-state index contributed by atoms with van der Waals surface area (Å²) in [5.41, 5.74) is 1.10. The molecular formula is C16H23N3O3S. The first-order valence-corrected chi connectivity index (χ1v) is 9.94. The van der Waals surface area contributed by atoms with Crippen LogP contribution in [0.5, 0.6) is 0 Å². The molecule has 7 heteroatoms. The van der Waals surface area contributed by atoms with Gasteiger partial charge in [0, 0.05) is 25.8 Å². The van der Waals surface area contributed by atoms with E-state index in [1.807, 2.05) is 12.3 Å². The molecule has 3 fully saturated rings. The summed E-state index contributed by atoms with van der Waals surface area (Å²) in [6, 6.07) is 3.98. The second-order valence-electron chi connectivity index (χ2n) is 6.61. The Morgan fingerprint density at radius 3 is 2.70 bits per heavy atom. The fourth-order valence-electron chi connectivity index (χ4n) is 3.72. The fourth-order valence-corrected chi connectivity index (χ4v) is 5.78. The Labute approximate surface area is 137 Å². The van der Waals surface area contributed by atoms with Crippen molar-refractivity contribution in [3.63, 3.8) is 0 Å². The topological polar surface area (TPSA) is 62.7 Å². The molecule has 2 aliphatic heterocycles. The summed E-state index contributed by atoms with van der Waals surface area (Å²) in [6.07, 6.45) is 6.96. The molecule has 1 saturated carbocycles. The lowest BCUT2D eigenvalue weighted by atomic mass is 10.0. The summed E-state index contributed by atoms with van der Waals surface area (Å²) in [4.78, 5) is 6.48. The third-order valence-corrected chi connectivity index (χ3v) is 7.53. The van der Waals surface area contributed by atoms with Crippen LogP contribution < -0.4 is 4.90 Å². The van der Waals surface area contributed by atoms with E-state index in [9.17, 15) is 8.42 Å². The number of hydrogen-bond acceptors (Lipinski definition) is 5. The first kappa shape index (κ1) is 15.4. The molecule has 0 unspecified atom stereocenters. The van der Waals surface area contributed by atoms with Gasteiger partial charge < -0.3 is 9.64 Å². The molecule has 0 radical (unpaired) electrons. The van der Waals surface area contributed by atoms with E-state index in [1.165, 1.54) is 0 Å². The van der Waals surface area contributed by atoms with Crippen LogP contribution in [-0.4, -0.2) is 61.3 Å². The van der Waals surface area contributed by atoms with E-state index >= 15 is 0 Å². The van der Waals surface area contributed by atoms with Gasteiger partial charge in [0.2, 0.25) is 10.0 Å². The third-order valence-electron chi connectivity index (χ3n) is 5.10. The average Bonchev–Trinajstić information content (AvgIpc) is 3.42. The molecule has 4 rings (SSSR count). The van der Waals surface area contributed by atoms with Crippen molar-refractivity contribution < 1.29 is 13.2 Å². The van der Waals surface area contributed by atoms with Gasteiger partial charge in [-0.15, -0.1) is 0 Å². The van der Waals surface area contributed by atoms with Gasteiger partial charge in [-0.1, -0.05) is 0 Å². The molecule has 1 aromatic heterocycles. The highest BCUT2D eigenvalue weighted by Crippen LogP contribution is 2.35. The van der Waals surface area contributed by atoms with Gasteiger partial charge in [-0.05, 0) is 37.8 Å². The van der Waals surface area contributed by atoms with E-state index in [0.29, 0.717) is 13.2 Å². The highest BCUT2D eigenvalue weighted by molar-refractivity contribution is 7.90. The van der Waals surface area contributed by atoms with Crippen LogP contribution in [0, 0.1) is 0 Å². The van der Waals surface area contributed by atoms with E-state index in [0.717, 1.165) is 44.5 Å². The van der Waals surface area contributed by atoms with Crippen LogP contribution in [0.2, 0.25) is 0 Å². The number of rotatable bonds is 3. The number of nitrogens with zero attached hydrogens (tertiary/aromatic N) is 3. The number of morpholine rings is 1. The molecular weight excluding hydrogens is 314 g/mol. The van der Waals surface area contributed by atoms with Crippen molar-refractivity contribution in [1.29, 1.82) is 0 Å². The highest BCUT2D eigenvalue weighted by atomic mass is 32.2. The molecule has 0 bridgehead atoms. The maximum absolute atomic E-state index is 12.7. The van der Waals surface area contributed by atoms with E-state index < -0.39 is 10.0 Å². The number of fused-ring (bicyclic) bond motifs is 1. The molecule has 1 aliphatic carbocycles. The molecule has 6 nitrogen and oxygen atoms in total. The first-order valence-electron chi connectivity index (χ1n) is 8.43. The van der Waals surface area contributed by atoms with Crippen LogP contribution in [-0.2, 0) is 14.8 Å². The highest BCUT2D eigenvalue weighted by Gasteiger charge is 2.46. The number of aromatic nitrogens is 1. The molecule has 2 atom stereocenters. The molecule has 0 N–H and O–H groups in total. The van der Waals surface area contributed by atoms with Crippen molar-refractivity contribution >= 4 is 15.7 Å². The molecule has 3 aliphatic rings. The van der Waals surface area contributed by atoms with Gasteiger partial charge in [0.25, 0.3) is 0 Å². The minimum Gasteiger partial charge on any atom is -0.375 e. The quantitative estimate of drug-likeness (QED) is 0.830. The second-order valence-corrected chi connectivity index (χ2v) is 8.77. The van der Waals surface area contributed by atoms with Crippen molar-refractivity contribution in [3.05, 3.63) is 24.5 Å². The lowest BCUT2D eigenvalue weighted by Gasteiger charge is -2.39. The zero-order valence-electron chi connectivity index (χ0n) is 13.2. The Morgan fingerprint density at radius 2 is 1.96 bits per heavy atom. The zero-order valence-corrected chi connectivity index (χ0v) is 14.0. The van der Waals surface area contributed by atoms with Crippen LogP contribution >= 0.6 is 0 Å². The van der Waals surface area contributed by atoms with Gasteiger partial charge in [-0.3, -0.25) is 4.98 Å². The minimum absolute atomic E-state index is 0.0129. The predicted molar refractivity (Wildman–Crippen MR) is 87.9 cm³/mol. The van der Waals surface area contributed by atoms with Crippen molar-refractivity contribution in [2.45, 2.75) is 43.1 Å². The van der Waals surface area contributed by atoms with Crippen molar-refractivity contribution in [3.8, 4) is 0 Å². The number of anilines is 1. The van der Waals surface area contributed by atoms with Gasteiger partial charge >= 0.3 is 0 Å². The molecule has 126 valence electrons. The zero-order chi connectivity index (χ0) is 15.9. The maximum atomic E-state index is 12.7. The van der Waals surface area contributed by atoms with Gasteiger partial charge in [0.05, 0.1) is 35.9 Å². The lowest BCUT2D eigenvalue weighted by molar-refractivity contribution is -0.0406. The molecule has 0 amide bonds. The summed E-state index contributed by atoms with van der Waals surface area (Å²) in [5, 5.41) is -0.140. The molecule has 1 aromatic rings. The normalized spacial score (nSPS) is 29.8. The minimum atomic E-state index is -3.14. The summed E-state index contributed by atoms with van der Waals surface area (Å²) in [6.45, 7) is 2.74. The standard InChI is InChI=1S/C16H23N3O3S/c20-23(21,14-3-4-14)19-10-11-22-16-6-9-18(8-5-15(16)19)13-2-1-7-17-12-13/h1-2,7,12,14-16H,3-6,8-11H2/t15-,16+/m0/s1. The lowest BCUT2D eigenvalue weighted by Crippen LogP contribution is -2.54. The summed E-state index contributed by atoms with van der Waals surface area (Å²) in [7, 11) is -3.14. The van der Waals surface area contributed by atoms with E-state index in [1.54, 1.807) is 10.5 Å². The first-order chi connectivity index (χ1) is 11.2. The van der Waals surface area contributed by atoms with Crippen LogP contribution in [0.15, 0.2) is 24.5 Å². The average molecular weight is 337 g/mol. The van der Waals surface area contributed by atoms with Gasteiger partial charge in [0.1, 0.15) is 0 Å². The van der Waals surface area contributed by atoms with Crippen molar-refractivity contribution in [1.82, 2.24) is 9.29 Å². The predicted octanol–water partition coefficient (Wildman–Crippen LogP) is 1.24. The summed E-state index contributed by atoms with van der Waals surface area (Å²) < 4.78 is 33.1. The maximum Gasteiger partial charge on any atom is 0.217 e. The Bertz CT molecular complexity index is 648. The number of hydrogen-bond donors (Lipinski definition) is 0. The van der Waals surface area contributed by atoms with E-state index in [2.05, 4.69) is 16.0 Å². The molecule has 2 saturated heterocycles. The Kier molecular flexibility index (Phi) is 4.03. The van der Waals surface area contributed by atoms with Crippen molar-refractivity contribution in [2.24, 2.45) is 0 Å². The van der Waals surface area contributed by atoms with Crippen molar-refractivity contribution in [2.75, 3.05) is 31.1 Å². The summed E-state index contributed by atoms with van der Waals surface area (Å²) >= 11 is 0. The van der Waals surface area contributed by atoms with Gasteiger partial charge in [-0.25, -0.2) is 8.42 Å². The molecule has 23 heavy (non-hydrogen) atoms. The smallest absolute Gasteiger partial charge is 0.217 e. The molecule has 3 heterocycles. The number of sulfonamides is 1. The molecule has 0 spiro atoms. The van der Waals surface area contributed by atoms with Crippen LogP contribution in [0.25, 0.3) is 0 Å².